The Balaban J connectivity index is 1.34. The minimum absolute atomic E-state index is 0.124. The Labute approximate surface area is 183 Å². The number of carbonyl (C=O) groups excluding carboxylic acids is 1. The topological polar surface area (TPSA) is 72.3 Å². The van der Waals surface area contributed by atoms with Crippen molar-refractivity contribution >= 4 is 11.6 Å². The summed E-state index contributed by atoms with van der Waals surface area (Å²) in [5.41, 5.74) is 3.37. The maximum absolute atomic E-state index is 12.9. The Morgan fingerprint density at radius 2 is 1.94 bits per heavy atom. The van der Waals surface area contributed by atoms with Gasteiger partial charge in [0, 0.05) is 31.7 Å². The van der Waals surface area contributed by atoms with E-state index in [1.54, 1.807) is 11.8 Å². The molecule has 4 rings (SSSR count). The van der Waals surface area contributed by atoms with Crippen molar-refractivity contribution in [1.29, 1.82) is 0 Å². The molecule has 0 spiro atoms. The average molecular weight is 420 g/mol. The lowest BCUT2D eigenvalue weighted by Crippen LogP contribution is -2.34. The van der Waals surface area contributed by atoms with Gasteiger partial charge in [0.15, 0.2) is 0 Å². The molecule has 1 fully saturated rings. The summed E-state index contributed by atoms with van der Waals surface area (Å²) in [6.45, 7) is 2.98. The maximum Gasteiger partial charge on any atom is 0.259 e. The number of amides is 1. The van der Waals surface area contributed by atoms with E-state index in [1.807, 2.05) is 55.8 Å². The number of rotatable bonds is 7. The molecule has 1 aliphatic rings. The zero-order valence-electron chi connectivity index (χ0n) is 18.1. The molecule has 1 saturated heterocycles. The van der Waals surface area contributed by atoms with Crippen LogP contribution in [0.4, 0.5) is 5.69 Å². The SMILES string of the molecule is COc1ccc(NC(=O)c2cn(C)nc2CC2CCN(Cc3ccccn3)CC2)cc1. The number of anilines is 1. The van der Waals surface area contributed by atoms with E-state index in [-0.39, 0.29) is 5.91 Å². The molecule has 1 amide bonds. The minimum atomic E-state index is -0.124. The van der Waals surface area contributed by atoms with E-state index in [1.165, 1.54) is 0 Å². The molecule has 2 aromatic heterocycles. The standard InChI is InChI=1S/C24H29N5O2/c1-28-17-22(24(30)26-19-6-8-21(31-2)9-7-19)23(27-28)15-18-10-13-29(14-11-18)16-20-5-3-4-12-25-20/h3-9,12,17-18H,10-11,13-16H2,1-2H3,(H,26,30). The van der Waals surface area contributed by atoms with Crippen molar-refractivity contribution in [3.8, 4) is 5.75 Å². The third-order valence-electron chi connectivity index (χ3n) is 5.80. The van der Waals surface area contributed by atoms with Crippen LogP contribution in [-0.2, 0) is 20.0 Å². The highest BCUT2D eigenvalue weighted by atomic mass is 16.5. The molecular weight excluding hydrogens is 390 g/mol. The lowest BCUT2D eigenvalue weighted by molar-refractivity contribution is 0.102. The highest BCUT2D eigenvalue weighted by Gasteiger charge is 2.24. The summed E-state index contributed by atoms with van der Waals surface area (Å²) in [5.74, 6) is 1.16. The quantitative estimate of drug-likeness (QED) is 0.634. The number of hydrogen-bond donors (Lipinski definition) is 1. The van der Waals surface area contributed by atoms with E-state index < -0.39 is 0 Å². The van der Waals surface area contributed by atoms with Gasteiger partial charge in [0.25, 0.3) is 5.91 Å². The lowest BCUT2D eigenvalue weighted by Gasteiger charge is -2.31. The van der Waals surface area contributed by atoms with Gasteiger partial charge in [-0.25, -0.2) is 0 Å². The molecule has 0 saturated carbocycles. The number of aromatic nitrogens is 3. The van der Waals surface area contributed by atoms with Crippen LogP contribution >= 0.6 is 0 Å². The molecule has 0 atom stereocenters. The van der Waals surface area contributed by atoms with Crippen LogP contribution in [-0.4, -0.2) is 45.8 Å². The van der Waals surface area contributed by atoms with Gasteiger partial charge in [-0.2, -0.15) is 5.10 Å². The Morgan fingerprint density at radius 1 is 1.16 bits per heavy atom. The number of pyridine rings is 1. The van der Waals surface area contributed by atoms with Crippen LogP contribution in [0.2, 0.25) is 0 Å². The predicted octanol–water partition coefficient (Wildman–Crippen LogP) is 3.53. The smallest absolute Gasteiger partial charge is 0.259 e. The van der Waals surface area contributed by atoms with Gasteiger partial charge in [-0.15, -0.1) is 0 Å². The van der Waals surface area contributed by atoms with Gasteiger partial charge in [-0.1, -0.05) is 6.07 Å². The third-order valence-corrected chi connectivity index (χ3v) is 5.80. The fraction of sp³-hybridized carbons (Fsp3) is 0.375. The molecule has 1 aromatic carbocycles. The van der Waals surface area contributed by atoms with Gasteiger partial charge in [0.1, 0.15) is 5.75 Å². The number of methoxy groups -OCH3 is 1. The summed E-state index contributed by atoms with van der Waals surface area (Å²) in [6.07, 6.45) is 6.68. The van der Waals surface area contributed by atoms with Gasteiger partial charge in [0.05, 0.1) is 24.1 Å². The number of benzene rings is 1. The van der Waals surface area contributed by atoms with Crippen molar-refractivity contribution in [2.45, 2.75) is 25.8 Å². The third kappa shape index (κ3) is 5.49. The van der Waals surface area contributed by atoms with Gasteiger partial charge in [-0.05, 0) is 74.7 Å². The van der Waals surface area contributed by atoms with Crippen molar-refractivity contribution in [2.75, 3.05) is 25.5 Å². The normalized spacial score (nSPS) is 15.0. The molecule has 0 aliphatic carbocycles. The molecule has 3 heterocycles. The molecular formula is C24H29N5O2. The summed E-state index contributed by atoms with van der Waals surface area (Å²) in [6, 6.07) is 13.4. The largest absolute Gasteiger partial charge is 0.497 e. The Kier molecular flexibility index (Phi) is 6.62. The highest BCUT2D eigenvalue weighted by molar-refractivity contribution is 6.04. The summed E-state index contributed by atoms with van der Waals surface area (Å²) < 4.78 is 6.90. The van der Waals surface area contributed by atoms with Crippen molar-refractivity contribution < 1.29 is 9.53 Å². The molecule has 3 aromatic rings. The number of piperidine rings is 1. The van der Waals surface area contributed by atoms with Crippen molar-refractivity contribution in [3.63, 3.8) is 0 Å². The molecule has 162 valence electrons. The first-order chi connectivity index (χ1) is 15.1. The average Bonchev–Trinajstić information content (AvgIpc) is 3.16. The van der Waals surface area contributed by atoms with Crippen LogP contribution in [0.3, 0.4) is 0 Å². The molecule has 0 bridgehead atoms. The molecule has 7 nitrogen and oxygen atoms in total. The lowest BCUT2D eigenvalue weighted by atomic mass is 9.91. The van der Waals surface area contributed by atoms with Gasteiger partial charge >= 0.3 is 0 Å². The second-order valence-electron chi connectivity index (χ2n) is 8.09. The number of aryl methyl sites for hydroxylation is 1. The van der Waals surface area contributed by atoms with Crippen LogP contribution in [0.1, 0.15) is 34.6 Å². The first kappa shape index (κ1) is 21.1. The highest BCUT2D eigenvalue weighted by Crippen LogP contribution is 2.24. The zero-order chi connectivity index (χ0) is 21.6. The Bertz CT molecular complexity index is 993. The fourth-order valence-electron chi connectivity index (χ4n) is 4.09. The first-order valence-electron chi connectivity index (χ1n) is 10.7. The monoisotopic (exact) mass is 419 g/mol. The van der Waals surface area contributed by atoms with Crippen LogP contribution in [0.15, 0.2) is 54.9 Å². The number of nitrogens with one attached hydrogen (secondary N) is 1. The Hall–Kier alpha value is -3.19. The van der Waals surface area contributed by atoms with Gasteiger partial charge < -0.3 is 10.1 Å². The molecule has 0 unspecified atom stereocenters. The van der Waals surface area contributed by atoms with Crippen molar-refractivity contribution in [1.82, 2.24) is 19.7 Å². The van der Waals surface area contributed by atoms with Gasteiger partial charge in [-0.3, -0.25) is 19.4 Å². The minimum Gasteiger partial charge on any atom is -0.497 e. The van der Waals surface area contributed by atoms with Crippen LogP contribution in [0, 0.1) is 5.92 Å². The van der Waals surface area contributed by atoms with E-state index in [0.717, 1.165) is 61.7 Å². The fourth-order valence-corrected chi connectivity index (χ4v) is 4.09. The van der Waals surface area contributed by atoms with E-state index in [9.17, 15) is 4.79 Å². The number of ether oxygens (including phenoxy) is 1. The predicted molar refractivity (Wildman–Crippen MR) is 120 cm³/mol. The van der Waals surface area contributed by atoms with Crippen molar-refractivity contribution in [3.05, 3.63) is 71.8 Å². The molecule has 1 aliphatic heterocycles. The van der Waals surface area contributed by atoms with E-state index in [2.05, 4.69) is 26.4 Å². The van der Waals surface area contributed by atoms with Crippen LogP contribution in [0.25, 0.3) is 0 Å². The molecule has 0 radical (unpaired) electrons. The van der Waals surface area contributed by atoms with E-state index in [0.29, 0.717) is 11.5 Å². The molecule has 7 heteroatoms. The van der Waals surface area contributed by atoms with E-state index >= 15 is 0 Å². The maximum atomic E-state index is 12.9. The number of hydrogen-bond acceptors (Lipinski definition) is 5. The molecule has 31 heavy (non-hydrogen) atoms. The summed E-state index contributed by atoms with van der Waals surface area (Å²) >= 11 is 0. The number of likely N-dealkylation sites (tertiary alicyclic amines) is 1. The summed E-state index contributed by atoms with van der Waals surface area (Å²) in [4.78, 5) is 19.8. The number of carbonyl (C=O) groups is 1. The van der Waals surface area contributed by atoms with Gasteiger partial charge in [0.2, 0.25) is 0 Å². The second-order valence-corrected chi connectivity index (χ2v) is 8.09. The summed E-state index contributed by atoms with van der Waals surface area (Å²) in [7, 11) is 3.49. The second kappa shape index (κ2) is 9.75. The molecule has 1 N–H and O–H groups in total. The number of nitrogens with zero attached hydrogens (tertiary/aromatic N) is 4. The van der Waals surface area contributed by atoms with Crippen LogP contribution in [0.5, 0.6) is 5.75 Å². The Morgan fingerprint density at radius 3 is 2.61 bits per heavy atom. The first-order valence-corrected chi connectivity index (χ1v) is 10.7. The van der Waals surface area contributed by atoms with Crippen LogP contribution < -0.4 is 10.1 Å². The van der Waals surface area contributed by atoms with Crippen molar-refractivity contribution in [2.24, 2.45) is 13.0 Å². The summed E-state index contributed by atoms with van der Waals surface area (Å²) in [5, 5.41) is 7.57. The zero-order valence-corrected chi connectivity index (χ0v) is 18.1. The van der Waals surface area contributed by atoms with E-state index in [4.69, 9.17) is 4.74 Å².